The first-order valence-electron chi connectivity index (χ1n) is 6.18. The van der Waals surface area contributed by atoms with E-state index >= 15 is 0 Å². The van der Waals surface area contributed by atoms with Gasteiger partial charge in [-0.25, -0.2) is 0 Å². The fourth-order valence-electron chi connectivity index (χ4n) is 2.49. The summed E-state index contributed by atoms with van der Waals surface area (Å²) in [7, 11) is 1.94. The lowest BCUT2D eigenvalue weighted by Crippen LogP contribution is -2.46. The highest BCUT2D eigenvalue weighted by Gasteiger charge is 2.29. The van der Waals surface area contributed by atoms with Gasteiger partial charge in [-0.15, -0.1) is 0 Å². The lowest BCUT2D eigenvalue weighted by molar-refractivity contribution is 0.0563. The maximum Gasteiger partial charge on any atom is 0.253 e. The topological polar surface area (TPSA) is 54.3 Å². The zero-order valence-corrected chi connectivity index (χ0v) is 10.3. The summed E-state index contributed by atoms with van der Waals surface area (Å²) in [4.78, 5) is 12.2. The summed E-state index contributed by atoms with van der Waals surface area (Å²) >= 11 is 0. The summed E-state index contributed by atoms with van der Waals surface area (Å²) in [6, 6.07) is 7.98. The van der Waals surface area contributed by atoms with Gasteiger partial charge in [-0.3, -0.25) is 4.79 Å². The van der Waals surface area contributed by atoms with Gasteiger partial charge < -0.3 is 15.0 Å². The number of aliphatic hydroxyl groups excluding tert-OH is 1. The van der Waals surface area contributed by atoms with E-state index in [1.54, 1.807) is 0 Å². The van der Waals surface area contributed by atoms with Crippen molar-refractivity contribution < 1.29 is 9.90 Å². The molecule has 0 atom stereocenters. The Morgan fingerprint density at radius 1 is 1.39 bits per heavy atom. The molecule has 0 saturated heterocycles. The van der Waals surface area contributed by atoms with Gasteiger partial charge in [0.25, 0.3) is 5.91 Å². The number of carbonyl (C=O) groups is 1. The van der Waals surface area contributed by atoms with E-state index in [-0.39, 0.29) is 18.1 Å². The van der Waals surface area contributed by atoms with Crippen LogP contribution in [0.25, 0.3) is 10.9 Å². The second-order valence-electron chi connectivity index (χ2n) is 4.97. The van der Waals surface area contributed by atoms with Crippen molar-refractivity contribution in [2.24, 2.45) is 7.05 Å². The summed E-state index contributed by atoms with van der Waals surface area (Å²) < 4.78 is 1.96. The van der Waals surface area contributed by atoms with Crippen LogP contribution in [0.2, 0.25) is 0 Å². The van der Waals surface area contributed by atoms with Crippen LogP contribution < -0.4 is 5.32 Å². The van der Waals surface area contributed by atoms with Crippen molar-refractivity contribution in [1.29, 1.82) is 0 Å². The Bertz CT molecular complexity index is 597. The number of nitrogens with one attached hydrogen (secondary N) is 1. The predicted molar refractivity (Wildman–Crippen MR) is 69.4 cm³/mol. The Hall–Kier alpha value is -1.81. The van der Waals surface area contributed by atoms with Gasteiger partial charge in [-0.05, 0) is 18.9 Å². The number of aliphatic hydroxyl groups is 1. The van der Waals surface area contributed by atoms with Gasteiger partial charge in [0.1, 0.15) is 0 Å². The molecule has 94 valence electrons. The predicted octanol–water partition coefficient (Wildman–Crippen LogP) is 1.43. The standard InChI is InChI=1S/C14H16N2O2/c1-16-8-12(11-4-2-3-5-13(11)16)14(18)15-9-6-10(17)7-9/h2-5,8-10,17H,6-7H2,1H3,(H,15,18). The molecule has 1 amide bonds. The van der Waals surface area contributed by atoms with Crippen molar-refractivity contribution in [2.45, 2.75) is 25.0 Å². The van der Waals surface area contributed by atoms with Gasteiger partial charge in [0, 0.05) is 30.2 Å². The summed E-state index contributed by atoms with van der Waals surface area (Å²) in [5.41, 5.74) is 1.76. The minimum Gasteiger partial charge on any atom is -0.393 e. The van der Waals surface area contributed by atoms with E-state index in [2.05, 4.69) is 5.32 Å². The Balaban J connectivity index is 1.87. The van der Waals surface area contributed by atoms with Crippen molar-refractivity contribution >= 4 is 16.8 Å². The molecule has 1 aromatic heterocycles. The molecular formula is C14H16N2O2. The van der Waals surface area contributed by atoms with Crippen LogP contribution in [0, 0.1) is 0 Å². The number of benzene rings is 1. The largest absolute Gasteiger partial charge is 0.393 e. The average Bonchev–Trinajstić information content (AvgIpc) is 2.66. The monoisotopic (exact) mass is 244 g/mol. The van der Waals surface area contributed by atoms with Crippen molar-refractivity contribution in [2.75, 3.05) is 0 Å². The number of fused-ring (bicyclic) bond motifs is 1. The molecule has 2 N–H and O–H groups in total. The number of carbonyl (C=O) groups excluding carboxylic acids is 1. The molecule has 0 radical (unpaired) electrons. The molecule has 1 aliphatic rings. The van der Waals surface area contributed by atoms with E-state index in [1.807, 2.05) is 42.1 Å². The molecule has 2 aromatic rings. The zero-order valence-electron chi connectivity index (χ0n) is 10.3. The highest BCUT2D eigenvalue weighted by atomic mass is 16.3. The summed E-state index contributed by atoms with van der Waals surface area (Å²) in [6.45, 7) is 0. The molecule has 1 aromatic carbocycles. The number of aryl methyl sites for hydroxylation is 1. The number of amides is 1. The third kappa shape index (κ3) is 1.78. The molecule has 1 fully saturated rings. The van der Waals surface area contributed by atoms with Crippen LogP contribution in [0.4, 0.5) is 0 Å². The van der Waals surface area contributed by atoms with Crippen LogP contribution in [0.1, 0.15) is 23.2 Å². The lowest BCUT2D eigenvalue weighted by Gasteiger charge is -2.31. The number of hydrogen-bond acceptors (Lipinski definition) is 2. The Morgan fingerprint density at radius 3 is 2.83 bits per heavy atom. The Morgan fingerprint density at radius 2 is 2.11 bits per heavy atom. The molecule has 4 nitrogen and oxygen atoms in total. The van der Waals surface area contributed by atoms with E-state index in [9.17, 15) is 9.90 Å². The molecular weight excluding hydrogens is 228 g/mol. The first kappa shape index (κ1) is 11.3. The van der Waals surface area contributed by atoms with E-state index in [0.29, 0.717) is 18.4 Å². The molecule has 3 rings (SSSR count). The second kappa shape index (κ2) is 4.14. The van der Waals surface area contributed by atoms with Crippen molar-refractivity contribution in [3.63, 3.8) is 0 Å². The van der Waals surface area contributed by atoms with Crippen molar-refractivity contribution in [3.05, 3.63) is 36.0 Å². The van der Waals surface area contributed by atoms with Gasteiger partial charge in [-0.2, -0.15) is 0 Å². The molecule has 1 saturated carbocycles. The van der Waals surface area contributed by atoms with Crippen molar-refractivity contribution in [1.82, 2.24) is 9.88 Å². The van der Waals surface area contributed by atoms with Crippen LogP contribution >= 0.6 is 0 Å². The van der Waals surface area contributed by atoms with Crippen LogP contribution in [0.3, 0.4) is 0 Å². The third-order valence-electron chi connectivity index (χ3n) is 3.59. The highest BCUT2D eigenvalue weighted by molar-refractivity contribution is 6.07. The van der Waals surface area contributed by atoms with Crippen molar-refractivity contribution in [3.8, 4) is 0 Å². The van der Waals surface area contributed by atoms with Crippen LogP contribution in [-0.2, 0) is 7.05 Å². The summed E-state index contributed by atoms with van der Waals surface area (Å²) in [5, 5.41) is 13.1. The molecule has 1 heterocycles. The van der Waals surface area contributed by atoms with Crippen LogP contribution in [0.5, 0.6) is 0 Å². The SMILES string of the molecule is Cn1cc(C(=O)NC2CC(O)C2)c2ccccc21. The Labute approximate surface area is 105 Å². The van der Waals surface area contributed by atoms with E-state index < -0.39 is 0 Å². The van der Waals surface area contributed by atoms with E-state index in [0.717, 1.165) is 10.9 Å². The molecule has 0 spiro atoms. The third-order valence-corrected chi connectivity index (χ3v) is 3.59. The maximum absolute atomic E-state index is 12.2. The number of rotatable bonds is 2. The van der Waals surface area contributed by atoms with Crippen LogP contribution in [-0.4, -0.2) is 27.7 Å². The van der Waals surface area contributed by atoms with Gasteiger partial charge in [0.15, 0.2) is 0 Å². The van der Waals surface area contributed by atoms with Gasteiger partial charge in [0.2, 0.25) is 0 Å². The lowest BCUT2D eigenvalue weighted by atomic mass is 9.89. The highest BCUT2D eigenvalue weighted by Crippen LogP contribution is 2.23. The first-order valence-corrected chi connectivity index (χ1v) is 6.18. The molecule has 4 heteroatoms. The molecule has 0 unspecified atom stereocenters. The van der Waals surface area contributed by atoms with Gasteiger partial charge in [-0.1, -0.05) is 18.2 Å². The van der Waals surface area contributed by atoms with Gasteiger partial charge in [0.05, 0.1) is 11.7 Å². The fourth-order valence-corrected chi connectivity index (χ4v) is 2.49. The second-order valence-corrected chi connectivity index (χ2v) is 4.97. The van der Waals surface area contributed by atoms with Gasteiger partial charge >= 0.3 is 0 Å². The minimum absolute atomic E-state index is 0.0521. The number of nitrogens with zero attached hydrogens (tertiary/aromatic N) is 1. The smallest absolute Gasteiger partial charge is 0.253 e. The average molecular weight is 244 g/mol. The first-order chi connectivity index (χ1) is 8.65. The van der Waals surface area contributed by atoms with E-state index in [4.69, 9.17) is 0 Å². The molecule has 0 bridgehead atoms. The molecule has 18 heavy (non-hydrogen) atoms. The minimum atomic E-state index is -0.247. The zero-order chi connectivity index (χ0) is 12.7. The number of para-hydroxylation sites is 1. The number of hydrogen-bond donors (Lipinski definition) is 2. The summed E-state index contributed by atoms with van der Waals surface area (Å²) in [6.07, 6.45) is 2.94. The normalized spacial score (nSPS) is 22.8. The Kier molecular flexibility index (Phi) is 2.59. The number of aromatic nitrogens is 1. The maximum atomic E-state index is 12.2. The summed E-state index contributed by atoms with van der Waals surface area (Å²) in [5.74, 6) is -0.0521. The molecule has 1 aliphatic carbocycles. The molecule has 0 aliphatic heterocycles. The fraction of sp³-hybridized carbons (Fsp3) is 0.357. The quantitative estimate of drug-likeness (QED) is 0.839. The van der Waals surface area contributed by atoms with E-state index in [1.165, 1.54) is 0 Å². The van der Waals surface area contributed by atoms with Crippen LogP contribution in [0.15, 0.2) is 30.5 Å².